The summed E-state index contributed by atoms with van der Waals surface area (Å²) in [5, 5.41) is 8.82. The molecule has 0 aromatic heterocycles. The number of allylic oxidation sites excluding steroid dienone is 1. The van der Waals surface area contributed by atoms with Crippen LogP contribution in [0.5, 0.6) is 0 Å². The Morgan fingerprint density at radius 2 is 2.25 bits per heavy atom. The Morgan fingerprint density at radius 3 is 2.25 bits per heavy atom. The maximum absolute atomic E-state index is 8.82. The lowest BCUT2D eigenvalue weighted by Gasteiger charge is -2.06. The smallest absolute Gasteiger partial charge is 0.119 e. The van der Waals surface area contributed by atoms with Crippen LogP contribution in [0.2, 0.25) is 0 Å². The van der Waals surface area contributed by atoms with Gasteiger partial charge in [0.05, 0.1) is 7.11 Å². The van der Waals surface area contributed by atoms with Crippen molar-refractivity contribution in [3.63, 3.8) is 0 Å². The quantitative estimate of drug-likeness (QED) is 0.543. The molecule has 48 valence electrons. The van der Waals surface area contributed by atoms with Crippen molar-refractivity contribution in [2.24, 2.45) is 0 Å². The van der Waals surface area contributed by atoms with Gasteiger partial charge in [-0.3, -0.25) is 0 Å². The first-order valence-electron chi connectivity index (χ1n) is 2.60. The molecule has 2 nitrogen and oxygen atoms in total. The fourth-order valence-corrected chi connectivity index (χ4v) is 0.530. The van der Waals surface area contributed by atoms with Crippen molar-refractivity contribution >= 4 is 0 Å². The molecule has 0 saturated heterocycles. The van der Waals surface area contributed by atoms with Gasteiger partial charge < -0.3 is 9.84 Å². The molecule has 0 rings (SSSR count). The van der Waals surface area contributed by atoms with Crippen LogP contribution in [-0.2, 0) is 4.74 Å². The Morgan fingerprint density at radius 1 is 1.75 bits per heavy atom. The van der Waals surface area contributed by atoms with Gasteiger partial charge in [-0.1, -0.05) is 0 Å². The normalized spacial score (nSPS) is 15.8. The molecule has 0 aliphatic carbocycles. The minimum Gasteiger partial charge on any atom is -0.499 e. The van der Waals surface area contributed by atoms with Crippen LogP contribution >= 0.6 is 0 Å². The summed E-state index contributed by atoms with van der Waals surface area (Å²) >= 11 is 0. The molecule has 8 heavy (non-hydrogen) atoms. The Labute approximate surface area is 49.8 Å². The van der Waals surface area contributed by atoms with Crippen molar-refractivity contribution in [1.82, 2.24) is 0 Å². The Kier molecular flexibility index (Phi) is 3.28. The summed E-state index contributed by atoms with van der Waals surface area (Å²) < 4.78 is 4.77. The third-order valence-electron chi connectivity index (χ3n) is 0.932. The van der Waals surface area contributed by atoms with Crippen LogP contribution in [0.15, 0.2) is 11.8 Å². The number of methoxy groups -OCH3 is 1. The highest BCUT2D eigenvalue weighted by molar-refractivity contribution is 4.94. The summed E-state index contributed by atoms with van der Waals surface area (Å²) in [4.78, 5) is 0. The van der Waals surface area contributed by atoms with Crippen molar-refractivity contribution in [2.75, 3.05) is 7.11 Å². The van der Waals surface area contributed by atoms with Gasteiger partial charge in [-0.05, 0) is 19.9 Å². The van der Waals surface area contributed by atoms with Gasteiger partial charge in [0.1, 0.15) is 11.9 Å². The van der Waals surface area contributed by atoms with E-state index >= 15 is 0 Å². The highest BCUT2D eigenvalue weighted by Crippen LogP contribution is 1.99. The predicted molar refractivity (Wildman–Crippen MR) is 32.4 cm³/mol. The zero-order chi connectivity index (χ0) is 6.57. The largest absolute Gasteiger partial charge is 0.499 e. The van der Waals surface area contributed by atoms with Gasteiger partial charge in [-0.25, -0.2) is 0 Å². The van der Waals surface area contributed by atoms with Gasteiger partial charge in [0, 0.05) is 0 Å². The lowest BCUT2D eigenvalue weighted by molar-refractivity contribution is 0.141. The molecule has 1 atom stereocenters. The number of hydrogen-bond acceptors (Lipinski definition) is 2. The summed E-state index contributed by atoms with van der Waals surface area (Å²) in [7, 11) is 1.54. The number of ether oxygens (including phenoxy) is 1. The van der Waals surface area contributed by atoms with Crippen LogP contribution < -0.4 is 0 Å². The topological polar surface area (TPSA) is 29.5 Å². The minimum atomic E-state index is -0.481. The van der Waals surface area contributed by atoms with Crippen LogP contribution in [0.3, 0.4) is 0 Å². The third kappa shape index (κ3) is 1.98. The SMILES string of the molecule is C/C=C(\OC)C(C)O. The zero-order valence-electron chi connectivity index (χ0n) is 5.51. The van der Waals surface area contributed by atoms with E-state index in [1.807, 2.05) is 6.92 Å². The van der Waals surface area contributed by atoms with Crippen molar-refractivity contribution in [3.8, 4) is 0 Å². The maximum Gasteiger partial charge on any atom is 0.119 e. The van der Waals surface area contributed by atoms with E-state index in [2.05, 4.69) is 0 Å². The van der Waals surface area contributed by atoms with Crippen LogP contribution in [0, 0.1) is 0 Å². The summed E-state index contributed by atoms with van der Waals surface area (Å²) in [5.74, 6) is 0.616. The maximum atomic E-state index is 8.82. The monoisotopic (exact) mass is 116 g/mol. The van der Waals surface area contributed by atoms with Crippen LogP contribution in [0.25, 0.3) is 0 Å². The molecule has 0 aromatic rings. The highest BCUT2D eigenvalue weighted by atomic mass is 16.5. The Hall–Kier alpha value is -0.500. The van der Waals surface area contributed by atoms with Gasteiger partial charge in [0.2, 0.25) is 0 Å². The van der Waals surface area contributed by atoms with Crippen molar-refractivity contribution in [2.45, 2.75) is 20.0 Å². The molecule has 0 bridgehead atoms. The average molecular weight is 116 g/mol. The molecule has 0 aliphatic heterocycles. The van der Waals surface area contributed by atoms with E-state index in [9.17, 15) is 0 Å². The van der Waals surface area contributed by atoms with E-state index in [4.69, 9.17) is 9.84 Å². The molecule has 0 aromatic carbocycles. The van der Waals surface area contributed by atoms with Crippen molar-refractivity contribution in [3.05, 3.63) is 11.8 Å². The summed E-state index contributed by atoms with van der Waals surface area (Å²) in [5.41, 5.74) is 0. The van der Waals surface area contributed by atoms with E-state index < -0.39 is 6.10 Å². The second kappa shape index (κ2) is 3.50. The first-order chi connectivity index (χ1) is 3.72. The van der Waals surface area contributed by atoms with Gasteiger partial charge >= 0.3 is 0 Å². The lowest BCUT2D eigenvalue weighted by Crippen LogP contribution is -2.05. The standard InChI is InChI=1S/C6H12O2/c1-4-6(8-3)5(2)7/h4-5,7H,1-3H3/b6-4-. The first kappa shape index (κ1) is 7.50. The molecule has 0 spiro atoms. The predicted octanol–water partition coefficient (Wildman–Crippen LogP) is 0.917. The van der Waals surface area contributed by atoms with Crippen LogP contribution in [-0.4, -0.2) is 18.3 Å². The van der Waals surface area contributed by atoms with Gasteiger partial charge in [-0.15, -0.1) is 0 Å². The Bertz CT molecular complexity index is 84.5. The molecule has 1 N–H and O–H groups in total. The number of aliphatic hydroxyl groups is 1. The fourth-order valence-electron chi connectivity index (χ4n) is 0.530. The second-order valence-corrected chi connectivity index (χ2v) is 1.57. The summed E-state index contributed by atoms with van der Waals surface area (Å²) in [6.45, 7) is 3.49. The molecule has 0 fully saturated rings. The van der Waals surface area contributed by atoms with Crippen molar-refractivity contribution < 1.29 is 9.84 Å². The molecule has 0 heterocycles. The van der Waals surface area contributed by atoms with E-state index in [0.29, 0.717) is 5.76 Å². The first-order valence-corrected chi connectivity index (χ1v) is 2.60. The molecular formula is C6H12O2. The van der Waals surface area contributed by atoms with Gasteiger partial charge in [0.15, 0.2) is 0 Å². The van der Waals surface area contributed by atoms with Gasteiger partial charge in [0.25, 0.3) is 0 Å². The van der Waals surface area contributed by atoms with E-state index in [1.54, 1.807) is 20.1 Å². The van der Waals surface area contributed by atoms with E-state index in [1.165, 1.54) is 0 Å². The van der Waals surface area contributed by atoms with E-state index in [0.717, 1.165) is 0 Å². The number of hydrogen-bond donors (Lipinski definition) is 1. The molecule has 0 amide bonds. The van der Waals surface area contributed by atoms with Crippen LogP contribution in [0.4, 0.5) is 0 Å². The number of aliphatic hydroxyl groups excluding tert-OH is 1. The molecule has 0 radical (unpaired) electrons. The van der Waals surface area contributed by atoms with Crippen LogP contribution in [0.1, 0.15) is 13.8 Å². The fraction of sp³-hybridized carbons (Fsp3) is 0.667. The zero-order valence-corrected chi connectivity index (χ0v) is 5.51. The lowest BCUT2D eigenvalue weighted by atomic mass is 10.3. The summed E-state index contributed by atoms with van der Waals surface area (Å²) in [6, 6.07) is 0. The molecule has 1 unspecified atom stereocenters. The summed E-state index contributed by atoms with van der Waals surface area (Å²) in [6.07, 6.45) is 1.26. The highest BCUT2D eigenvalue weighted by Gasteiger charge is 1.99. The third-order valence-corrected chi connectivity index (χ3v) is 0.932. The minimum absolute atomic E-state index is 0.481. The van der Waals surface area contributed by atoms with Gasteiger partial charge in [-0.2, -0.15) is 0 Å². The molecule has 0 aliphatic rings. The molecule has 2 heteroatoms. The second-order valence-electron chi connectivity index (χ2n) is 1.57. The Balaban J connectivity index is 3.72. The average Bonchev–Trinajstić information content (AvgIpc) is 1.69. The van der Waals surface area contributed by atoms with Crippen molar-refractivity contribution in [1.29, 1.82) is 0 Å². The molecule has 0 saturated carbocycles. The number of rotatable bonds is 2. The van der Waals surface area contributed by atoms with E-state index in [-0.39, 0.29) is 0 Å². The molecular weight excluding hydrogens is 104 g/mol.